The van der Waals surface area contributed by atoms with Gasteiger partial charge in [-0.2, -0.15) is 0 Å². The van der Waals surface area contributed by atoms with Crippen molar-refractivity contribution < 1.29 is 19.5 Å². The molecule has 2 fully saturated rings. The summed E-state index contributed by atoms with van der Waals surface area (Å²) in [7, 11) is 0. The predicted molar refractivity (Wildman–Crippen MR) is 75.7 cm³/mol. The first kappa shape index (κ1) is 15.8. The van der Waals surface area contributed by atoms with Crippen LogP contribution in [-0.2, 0) is 9.59 Å². The summed E-state index contributed by atoms with van der Waals surface area (Å²) in [6.45, 7) is 6.69. The van der Waals surface area contributed by atoms with Crippen molar-refractivity contribution in [2.45, 2.75) is 45.2 Å². The lowest BCUT2D eigenvalue weighted by atomic mass is 9.92. The van der Waals surface area contributed by atoms with E-state index in [0.717, 1.165) is 6.42 Å². The Hall–Kier alpha value is -1.63. The van der Waals surface area contributed by atoms with E-state index in [1.54, 1.807) is 13.8 Å². The Morgan fingerprint density at radius 2 is 2.05 bits per heavy atom. The first-order valence-corrected chi connectivity index (χ1v) is 7.33. The number of urea groups is 1. The van der Waals surface area contributed by atoms with Gasteiger partial charge in [-0.05, 0) is 39.2 Å². The van der Waals surface area contributed by atoms with Crippen molar-refractivity contribution in [3.05, 3.63) is 0 Å². The number of carboxylic acid groups (broad SMARTS) is 1. The molecule has 2 N–H and O–H groups in total. The molecule has 0 aromatic heterocycles. The monoisotopic (exact) mass is 297 g/mol. The smallest absolute Gasteiger partial charge is 0.325 e. The van der Waals surface area contributed by atoms with E-state index in [4.69, 9.17) is 0 Å². The zero-order chi connectivity index (χ0) is 15.8. The van der Waals surface area contributed by atoms with Crippen LogP contribution in [0.1, 0.15) is 33.6 Å². The maximum Gasteiger partial charge on any atom is 0.325 e. The van der Waals surface area contributed by atoms with Crippen LogP contribution in [0, 0.1) is 5.92 Å². The van der Waals surface area contributed by atoms with Crippen LogP contribution in [0.5, 0.6) is 0 Å². The summed E-state index contributed by atoms with van der Waals surface area (Å²) in [6.07, 6.45) is 1.55. The molecule has 2 unspecified atom stereocenters. The molecule has 118 valence electrons. The lowest BCUT2D eigenvalue weighted by Gasteiger charge is -2.36. The molecular weight excluding hydrogens is 274 g/mol. The zero-order valence-electron chi connectivity index (χ0n) is 12.8. The summed E-state index contributed by atoms with van der Waals surface area (Å²) in [5.41, 5.74) is -0.875. The maximum atomic E-state index is 12.1. The minimum absolute atomic E-state index is 0.228. The van der Waals surface area contributed by atoms with Crippen molar-refractivity contribution in [1.29, 1.82) is 0 Å². The van der Waals surface area contributed by atoms with E-state index in [-0.39, 0.29) is 12.5 Å². The molecule has 0 bridgehead atoms. The number of hydrogen-bond donors (Lipinski definition) is 2. The van der Waals surface area contributed by atoms with Gasteiger partial charge in [0, 0.05) is 13.1 Å². The molecule has 2 aliphatic rings. The van der Waals surface area contributed by atoms with Crippen LogP contribution in [0.15, 0.2) is 0 Å². The van der Waals surface area contributed by atoms with E-state index in [1.807, 2.05) is 11.8 Å². The van der Waals surface area contributed by atoms with Crippen LogP contribution < -0.4 is 5.32 Å². The van der Waals surface area contributed by atoms with Crippen molar-refractivity contribution in [3.63, 3.8) is 0 Å². The van der Waals surface area contributed by atoms with Gasteiger partial charge in [0.15, 0.2) is 0 Å². The predicted octanol–water partition coefficient (Wildman–Crippen LogP) is 0.502. The van der Waals surface area contributed by atoms with Crippen molar-refractivity contribution >= 4 is 17.9 Å². The van der Waals surface area contributed by atoms with Crippen LogP contribution in [0.3, 0.4) is 0 Å². The molecule has 7 nitrogen and oxygen atoms in total. The molecule has 2 atom stereocenters. The van der Waals surface area contributed by atoms with Crippen LogP contribution in [0.25, 0.3) is 0 Å². The van der Waals surface area contributed by atoms with Gasteiger partial charge in [-0.1, -0.05) is 6.92 Å². The van der Waals surface area contributed by atoms with Gasteiger partial charge in [0.2, 0.25) is 0 Å². The molecule has 2 aliphatic heterocycles. The summed E-state index contributed by atoms with van der Waals surface area (Å²) in [5, 5.41) is 11.9. The van der Waals surface area contributed by atoms with E-state index >= 15 is 0 Å². The van der Waals surface area contributed by atoms with E-state index < -0.39 is 23.6 Å². The van der Waals surface area contributed by atoms with Crippen LogP contribution in [-0.4, -0.2) is 64.0 Å². The highest BCUT2D eigenvalue weighted by molar-refractivity contribution is 6.06. The van der Waals surface area contributed by atoms with Crippen molar-refractivity contribution in [3.8, 4) is 0 Å². The van der Waals surface area contributed by atoms with Gasteiger partial charge in [-0.25, -0.2) is 4.79 Å². The van der Waals surface area contributed by atoms with Gasteiger partial charge in [0.1, 0.15) is 11.6 Å². The first-order valence-electron chi connectivity index (χ1n) is 7.33. The Morgan fingerprint density at radius 1 is 1.38 bits per heavy atom. The molecule has 2 saturated heterocycles. The van der Waals surface area contributed by atoms with Gasteiger partial charge in [0.25, 0.3) is 5.91 Å². The molecule has 0 aromatic carbocycles. The number of carboxylic acids is 1. The molecule has 7 heteroatoms. The third kappa shape index (κ3) is 3.18. The number of carbonyl (C=O) groups excluding carboxylic acids is 2. The van der Waals surface area contributed by atoms with Crippen molar-refractivity contribution in [1.82, 2.24) is 15.1 Å². The number of rotatable bonds is 4. The maximum absolute atomic E-state index is 12.1. The lowest BCUT2D eigenvalue weighted by Crippen LogP contribution is -2.50. The highest BCUT2D eigenvalue weighted by Crippen LogP contribution is 2.23. The summed E-state index contributed by atoms with van der Waals surface area (Å²) >= 11 is 0. The number of amides is 3. The Bertz CT molecular complexity index is 463. The van der Waals surface area contributed by atoms with Gasteiger partial charge in [-0.15, -0.1) is 0 Å². The highest BCUT2D eigenvalue weighted by Gasteiger charge is 2.44. The molecule has 0 saturated carbocycles. The van der Waals surface area contributed by atoms with E-state index in [9.17, 15) is 19.5 Å². The fourth-order valence-electron chi connectivity index (χ4n) is 2.96. The normalized spacial score (nSPS) is 29.6. The summed E-state index contributed by atoms with van der Waals surface area (Å²) in [4.78, 5) is 38.3. The highest BCUT2D eigenvalue weighted by atomic mass is 16.4. The molecule has 0 spiro atoms. The molecule has 21 heavy (non-hydrogen) atoms. The van der Waals surface area contributed by atoms with E-state index in [0.29, 0.717) is 25.4 Å². The number of likely N-dealkylation sites (tertiary alicyclic amines) is 1. The molecule has 0 aliphatic carbocycles. The van der Waals surface area contributed by atoms with Crippen molar-refractivity contribution in [2.24, 2.45) is 5.92 Å². The number of nitrogens with zero attached hydrogens (tertiary/aromatic N) is 2. The van der Waals surface area contributed by atoms with Crippen LogP contribution >= 0.6 is 0 Å². The van der Waals surface area contributed by atoms with Gasteiger partial charge < -0.3 is 10.4 Å². The average Bonchev–Trinajstić information content (AvgIpc) is 2.57. The Labute approximate surface area is 124 Å². The van der Waals surface area contributed by atoms with Gasteiger partial charge in [-0.3, -0.25) is 19.4 Å². The first-order chi connectivity index (χ1) is 9.72. The fourth-order valence-corrected chi connectivity index (χ4v) is 2.96. The lowest BCUT2D eigenvalue weighted by molar-refractivity contribution is -0.145. The third-order valence-corrected chi connectivity index (χ3v) is 4.32. The minimum atomic E-state index is -0.875. The Morgan fingerprint density at radius 3 is 2.57 bits per heavy atom. The SMILES string of the molecule is CC1CCN(CCN2C(=O)NC(C)(C)C2=O)C(C(=O)O)C1. The topological polar surface area (TPSA) is 90.0 Å². The number of imide groups is 1. The second-order valence-corrected chi connectivity index (χ2v) is 6.53. The number of carbonyl (C=O) groups is 3. The zero-order valence-corrected chi connectivity index (χ0v) is 12.8. The third-order valence-electron chi connectivity index (χ3n) is 4.32. The molecule has 3 amide bonds. The largest absolute Gasteiger partial charge is 0.480 e. The van der Waals surface area contributed by atoms with Crippen LogP contribution in [0.4, 0.5) is 4.79 Å². The Balaban J connectivity index is 1.97. The van der Waals surface area contributed by atoms with Crippen LogP contribution in [0.2, 0.25) is 0 Å². The van der Waals surface area contributed by atoms with E-state index in [1.165, 1.54) is 4.90 Å². The number of nitrogens with one attached hydrogen (secondary N) is 1. The van der Waals surface area contributed by atoms with Gasteiger partial charge >= 0.3 is 12.0 Å². The standard InChI is InChI=1S/C14H23N3O4/c1-9-4-5-16(10(8-9)11(18)19)6-7-17-12(20)14(2,3)15-13(17)21/h9-10H,4-8H2,1-3H3,(H,15,21)(H,18,19). The van der Waals surface area contributed by atoms with E-state index in [2.05, 4.69) is 5.32 Å². The fraction of sp³-hybridized carbons (Fsp3) is 0.786. The quantitative estimate of drug-likeness (QED) is 0.738. The number of hydrogen-bond acceptors (Lipinski definition) is 4. The molecule has 0 radical (unpaired) electrons. The molecular formula is C14H23N3O4. The second-order valence-electron chi connectivity index (χ2n) is 6.53. The minimum Gasteiger partial charge on any atom is -0.480 e. The molecule has 0 aromatic rings. The molecule has 2 rings (SSSR count). The number of aliphatic carboxylic acids is 1. The van der Waals surface area contributed by atoms with Crippen molar-refractivity contribution in [2.75, 3.05) is 19.6 Å². The summed E-state index contributed by atoms with van der Waals surface area (Å²) in [6, 6.07) is -0.926. The molecule has 2 heterocycles. The Kier molecular flexibility index (Phi) is 4.22. The summed E-state index contributed by atoms with van der Waals surface area (Å²) < 4.78 is 0. The number of piperidine rings is 1. The second kappa shape index (κ2) is 5.63. The average molecular weight is 297 g/mol. The summed E-state index contributed by atoms with van der Waals surface area (Å²) in [5.74, 6) is -0.707. The van der Waals surface area contributed by atoms with Gasteiger partial charge in [0.05, 0.1) is 0 Å².